The fourth-order valence-electron chi connectivity index (χ4n) is 3.19. The van der Waals surface area contributed by atoms with E-state index in [0.29, 0.717) is 16.1 Å². The van der Waals surface area contributed by atoms with Crippen LogP contribution < -0.4 is 5.32 Å². The minimum absolute atomic E-state index is 0.269. The average molecular weight is 398 g/mol. The van der Waals surface area contributed by atoms with E-state index in [1.807, 2.05) is 38.1 Å². The van der Waals surface area contributed by atoms with Crippen molar-refractivity contribution >= 4 is 44.9 Å². The predicted molar refractivity (Wildman–Crippen MR) is 110 cm³/mol. The van der Waals surface area contributed by atoms with Crippen LogP contribution in [0.3, 0.4) is 0 Å². The summed E-state index contributed by atoms with van der Waals surface area (Å²) in [6.45, 7) is 8.43. The monoisotopic (exact) mass is 398 g/mol. The van der Waals surface area contributed by atoms with Gasteiger partial charge in [0.15, 0.2) is 6.10 Å². The molecular formula is C21H22N2O4S. The number of thiophene rings is 1. The highest BCUT2D eigenvalue weighted by molar-refractivity contribution is 7.16. The van der Waals surface area contributed by atoms with Gasteiger partial charge < -0.3 is 15.0 Å². The number of anilines is 1. The Labute approximate surface area is 166 Å². The van der Waals surface area contributed by atoms with Crippen molar-refractivity contribution in [3.63, 3.8) is 0 Å². The highest BCUT2D eigenvalue weighted by atomic mass is 32.1. The van der Waals surface area contributed by atoms with E-state index < -0.39 is 12.1 Å². The second kappa shape index (κ2) is 7.59. The first-order chi connectivity index (χ1) is 13.2. The molecule has 0 radical (unpaired) electrons. The third kappa shape index (κ3) is 3.57. The summed E-state index contributed by atoms with van der Waals surface area (Å²) in [6, 6.07) is 7.51. The zero-order valence-electron chi connectivity index (χ0n) is 16.4. The number of hydrogen-bond acceptors (Lipinski definition) is 5. The topological polar surface area (TPSA) is 88.3 Å². The normalized spacial score (nSPS) is 12.0. The van der Waals surface area contributed by atoms with Crippen LogP contribution >= 0.6 is 11.3 Å². The van der Waals surface area contributed by atoms with Crippen LogP contribution in [-0.4, -0.2) is 28.7 Å². The van der Waals surface area contributed by atoms with Gasteiger partial charge in [0, 0.05) is 34.0 Å². The van der Waals surface area contributed by atoms with Crippen LogP contribution in [0.5, 0.6) is 0 Å². The first-order valence-corrected chi connectivity index (χ1v) is 9.72. The van der Waals surface area contributed by atoms with Gasteiger partial charge >= 0.3 is 5.97 Å². The number of nitrogens with one attached hydrogen (secondary N) is 2. The average Bonchev–Trinajstić information content (AvgIpc) is 3.09. The molecule has 0 bridgehead atoms. The lowest BCUT2D eigenvalue weighted by atomic mass is 10.0. The number of aromatic nitrogens is 1. The number of benzene rings is 1. The van der Waals surface area contributed by atoms with E-state index in [9.17, 15) is 14.4 Å². The fraction of sp³-hybridized carbons (Fsp3) is 0.286. The van der Waals surface area contributed by atoms with Gasteiger partial charge in [-0.1, -0.05) is 18.2 Å². The summed E-state index contributed by atoms with van der Waals surface area (Å²) < 4.78 is 5.50. The number of ether oxygens (including phenoxy) is 1. The van der Waals surface area contributed by atoms with E-state index >= 15 is 0 Å². The number of aromatic amines is 1. The molecule has 2 heterocycles. The van der Waals surface area contributed by atoms with Gasteiger partial charge in [-0.25, -0.2) is 4.79 Å². The van der Waals surface area contributed by atoms with Gasteiger partial charge in [0.05, 0.1) is 5.56 Å². The summed E-state index contributed by atoms with van der Waals surface area (Å²) in [7, 11) is 0. The second-order valence-electron chi connectivity index (χ2n) is 6.75. The Morgan fingerprint density at radius 1 is 1.11 bits per heavy atom. The number of aryl methyl sites for hydroxylation is 2. The van der Waals surface area contributed by atoms with Gasteiger partial charge in [-0.3, -0.25) is 9.59 Å². The Balaban J connectivity index is 1.88. The maximum Gasteiger partial charge on any atom is 0.342 e. The number of H-pyrrole nitrogens is 1. The molecule has 1 amide bonds. The number of carbonyl (C=O) groups excluding carboxylic acids is 3. The van der Waals surface area contributed by atoms with Crippen LogP contribution in [0.25, 0.3) is 10.9 Å². The maximum absolute atomic E-state index is 13.0. The highest BCUT2D eigenvalue weighted by Gasteiger charge is 2.28. The van der Waals surface area contributed by atoms with Crippen molar-refractivity contribution in [1.29, 1.82) is 0 Å². The molecule has 0 aliphatic rings. The summed E-state index contributed by atoms with van der Waals surface area (Å²) in [4.78, 5) is 41.3. The van der Waals surface area contributed by atoms with E-state index in [1.54, 1.807) is 13.8 Å². The van der Waals surface area contributed by atoms with E-state index in [-0.39, 0.29) is 11.7 Å². The number of para-hydroxylation sites is 1. The van der Waals surface area contributed by atoms with Gasteiger partial charge in [-0.15, -0.1) is 11.3 Å². The maximum atomic E-state index is 13.0. The van der Waals surface area contributed by atoms with Crippen molar-refractivity contribution in [2.24, 2.45) is 0 Å². The Bertz CT molecular complexity index is 1090. The molecule has 3 aromatic rings. The van der Waals surface area contributed by atoms with Gasteiger partial charge in [0.1, 0.15) is 5.00 Å². The molecule has 0 unspecified atom stereocenters. The largest absolute Gasteiger partial charge is 0.451 e. The summed E-state index contributed by atoms with van der Waals surface area (Å²) >= 11 is 1.31. The van der Waals surface area contributed by atoms with Gasteiger partial charge in [0.25, 0.3) is 0 Å². The number of rotatable bonds is 5. The Morgan fingerprint density at radius 3 is 2.46 bits per heavy atom. The Hall–Kier alpha value is -2.93. The van der Waals surface area contributed by atoms with Crippen molar-refractivity contribution < 1.29 is 19.1 Å². The Morgan fingerprint density at radius 2 is 1.79 bits per heavy atom. The van der Waals surface area contributed by atoms with Crippen molar-refractivity contribution in [3.05, 3.63) is 51.5 Å². The van der Waals surface area contributed by atoms with Gasteiger partial charge in [-0.2, -0.15) is 0 Å². The first kappa shape index (κ1) is 19.8. The minimum atomic E-state index is -0.963. The van der Waals surface area contributed by atoms with Crippen molar-refractivity contribution in [3.8, 4) is 0 Å². The molecular weight excluding hydrogens is 376 g/mol. The summed E-state index contributed by atoms with van der Waals surface area (Å²) in [5, 5.41) is 3.91. The molecule has 146 valence electrons. The SMILES string of the molecule is CC(=O)Nc1sc(C)c(C)c1C(=O)O[C@@H](C)C(=O)c1c(C)[nH]c2ccccc12. The molecule has 28 heavy (non-hydrogen) atoms. The van der Waals surface area contributed by atoms with Crippen LogP contribution in [0, 0.1) is 20.8 Å². The van der Waals surface area contributed by atoms with Crippen LogP contribution in [0.15, 0.2) is 24.3 Å². The predicted octanol–water partition coefficient (Wildman–Crippen LogP) is 4.54. The van der Waals surface area contributed by atoms with Crippen LogP contribution in [0.2, 0.25) is 0 Å². The van der Waals surface area contributed by atoms with Crippen molar-refractivity contribution in [1.82, 2.24) is 4.98 Å². The highest BCUT2D eigenvalue weighted by Crippen LogP contribution is 2.33. The zero-order chi connectivity index (χ0) is 20.6. The fourth-order valence-corrected chi connectivity index (χ4v) is 4.29. The summed E-state index contributed by atoms with van der Waals surface area (Å²) in [5.41, 5.74) is 3.15. The molecule has 0 spiro atoms. The third-order valence-corrected chi connectivity index (χ3v) is 5.79. The standard InChI is InChI=1S/C21H22N2O4S/c1-10-13(4)28-20(23-14(5)24)17(10)21(26)27-12(3)19(25)18-11(2)22-16-9-7-6-8-15(16)18/h6-9,12,22H,1-5H3,(H,23,24)/t12-/m0/s1. The Kier molecular flexibility index (Phi) is 5.38. The molecule has 3 rings (SSSR count). The molecule has 6 nitrogen and oxygen atoms in total. The third-order valence-electron chi connectivity index (χ3n) is 4.67. The lowest BCUT2D eigenvalue weighted by molar-refractivity contribution is -0.114. The van der Waals surface area contributed by atoms with Crippen LogP contribution in [0.4, 0.5) is 5.00 Å². The lowest BCUT2D eigenvalue weighted by Crippen LogP contribution is -2.25. The molecule has 0 saturated heterocycles. The minimum Gasteiger partial charge on any atom is -0.451 e. The van der Waals surface area contributed by atoms with Crippen molar-refractivity contribution in [2.75, 3.05) is 5.32 Å². The number of ketones is 1. The lowest BCUT2D eigenvalue weighted by Gasteiger charge is -2.14. The number of amides is 1. The van der Waals surface area contributed by atoms with Gasteiger partial charge in [-0.05, 0) is 39.3 Å². The van der Waals surface area contributed by atoms with E-state index in [0.717, 1.165) is 27.0 Å². The van der Waals surface area contributed by atoms with E-state index in [2.05, 4.69) is 10.3 Å². The number of hydrogen-bond donors (Lipinski definition) is 2. The number of esters is 1. The molecule has 2 aromatic heterocycles. The molecule has 2 N–H and O–H groups in total. The zero-order valence-corrected chi connectivity index (χ0v) is 17.2. The molecule has 7 heteroatoms. The quantitative estimate of drug-likeness (QED) is 0.488. The smallest absolute Gasteiger partial charge is 0.342 e. The van der Waals surface area contributed by atoms with E-state index in [4.69, 9.17) is 4.74 Å². The molecule has 1 aromatic carbocycles. The molecule has 0 aliphatic heterocycles. The molecule has 0 fully saturated rings. The molecule has 0 aliphatic carbocycles. The van der Waals surface area contributed by atoms with Crippen LogP contribution in [-0.2, 0) is 9.53 Å². The van der Waals surface area contributed by atoms with E-state index in [1.165, 1.54) is 18.3 Å². The summed E-state index contributed by atoms with van der Waals surface area (Å²) in [6.07, 6.45) is -0.963. The first-order valence-electron chi connectivity index (χ1n) is 8.90. The van der Waals surface area contributed by atoms with Gasteiger partial charge in [0.2, 0.25) is 11.7 Å². The molecule has 1 atom stereocenters. The molecule has 0 saturated carbocycles. The number of fused-ring (bicyclic) bond motifs is 1. The number of Topliss-reactive ketones (excluding diaryl/α,β-unsaturated/α-hetero) is 1. The second-order valence-corrected chi connectivity index (χ2v) is 7.98. The van der Waals surface area contributed by atoms with Crippen LogP contribution in [0.1, 0.15) is 50.7 Å². The number of carbonyl (C=O) groups is 3. The van der Waals surface area contributed by atoms with Crippen molar-refractivity contribution in [2.45, 2.75) is 40.7 Å². The summed E-state index contributed by atoms with van der Waals surface area (Å²) in [5.74, 6) is -1.16.